The number of carbonyl (C=O) groups is 1. The molecule has 1 aliphatic heterocycles. The predicted octanol–water partition coefficient (Wildman–Crippen LogP) is 0.470. The Bertz CT molecular complexity index is 438. The standard InChI is InChI=1S/C12H17N3O3/c1-8-4-6-15(9(8)7-16)10-3-5-13-11(14-10)12(17)18-2/h3,5,8-9,16H,4,6-7H2,1-2H3. The van der Waals surface area contributed by atoms with E-state index in [1.807, 2.05) is 4.90 Å². The van der Waals surface area contributed by atoms with Crippen molar-refractivity contribution in [3.63, 3.8) is 0 Å². The molecule has 1 N–H and O–H groups in total. The van der Waals surface area contributed by atoms with E-state index in [0.29, 0.717) is 11.7 Å². The van der Waals surface area contributed by atoms with Crippen molar-refractivity contribution in [1.29, 1.82) is 0 Å². The summed E-state index contributed by atoms with van der Waals surface area (Å²) in [7, 11) is 1.30. The maximum absolute atomic E-state index is 11.4. The summed E-state index contributed by atoms with van der Waals surface area (Å²) >= 11 is 0. The van der Waals surface area contributed by atoms with Gasteiger partial charge in [-0.2, -0.15) is 0 Å². The van der Waals surface area contributed by atoms with Gasteiger partial charge in [0.1, 0.15) is 5.82 Å². The number of esters is 1. The summed E-state index contributed by atoms with van der Waals surface area (Å²) < 4.78 is 4.60. The van der Waals surface area contributed by atoms with Crippen LogP contribution in [0.3, 0.4) is 0 Å². The second-order valence-electron chi connectivity index (χ2n) is 4.44. The molecule has 6 nitrogen and oxygen atoms in total. The Kier molecular flexibility index (Phi) is 3.76. The zero-order valence-corrected chi connectivity index (χ0v) is 10.5. The highest BCUT2D eigenvalue weighted by molar-refractivity contribution is 5.85. The van der Waals surface area contributed by atoms with Crippen molar-refractivity contribution in [1.82, 2.24) is 9.97 Å². The third kappa shape index (κ3) is 2.28. The van der Waals surface area contributed by atoms with Crippen molar-refractivity contribution in [2.24, 2.45) is 5.92 Å². The van der Waals surface area contributed by atoms with E-state index in [9.17, 15) is 9.90 Å². The number of anilines is 1. The number of carbonyl (C=O) groups excluding carboxylic acids is 1. The van der Waals surface area contributed by atoms with Crippen molar-refractivity contribution in [2.45, 2.75) is 19.4 Å². The molecule has 1 aromatic rings. The quantitative estimate of drug-likeness (QED) is 0.787. The molecule has 0 bridgehead atoms. The molecule has 2 rings (SSSR count). The van der Waals surface area contributed by atoms with Gasteiger partial charge in [-0.15, -0.1) is 0 Å². The first kappa shape index (κ1) is 12.8. The van der Waals surface area contributed by atoms with Gasteiger partial charge < -0.3 is 14.7 Å². The summed E-state index contributed by atoms with van der Waals surface area (Å²) in [6, 6.07) is 1.79. The number of aliphatic hydroxyl groups is 1. The second-order valence-corrected chi connectivity index (χ2v) is 4.44. The van der Waals surface area contributed by atoms with E-state index >= 15 is 0 Å². The Hall–Kier alpha value is -1.69. The van der Waals surface area contributed by atoms with Gasteiger partial charge in [0.15, 0.2) is 0 Å². The minimum absolute atomic E-state index is 0.0467. The first-order valence-electron chi connectivity index (χ1n) is 5.96. The van der Waals surface area contributed by atoms with Crippen LogP contribution in [0.15, 0.2) is 12.3 Å². The molecule has 0 aliphatic carbocycles. The fourth-order valence-electron chi connectivity index (χ4n) is 2.27. The summed E-state index contributed by atoms with van der Waals surface area (Å²) in [6.07, 6.45) is 2.54. The molecule has 98 valence electrons. The fraction of sp³-hybridized carbons (Fsp3) is 0.583. The predicted molar refractivity (Wildman–Crippen MR) is 65.4 cm³/mol. The lowest BCUT2D eigenvalue weighted by Crippen LogP contribution is -2.36. The maximum Gasteiger partial charge on any atom is 0.376 e. The van der Waals surface area contributed by atoms with E-state index in [1.54, 1.807) is 6.07 Å². The molecule has 18 heavy (non-hydrogen) atoms. The number of aliphatic hydroxyl groups excluding tert-OH is 1. The van der Waals surface area contributed by atoms with E-state index in [4.69, 9.17) is 0 Å². The SMILES string of the molecule is COC(=O)c1nccc(N2CCC(C)C2CO)n1. The van der Waals surface area contributed by atoms with Gasteiger partial charge in [0, 0.05) is 12.7 Å². The highest BCUT2D eigenvalue weighted by atomic mass is 16.5. The zero-order chi connectivity index (χ0) is 13.1. The Labute approximate surface area is 106 Å². The molecular weight excluding hydrogens is 234 g/mol. The lowest BCUT2D eigenvalue weighted by atomic mass is 10.0. The van der Waals surface area contributed by atoms with Gasteiger partial charge in [-0.25, -0.2) is 14.8 Å². The van der Waals surface area contributed by atoms with E-state index in [2.05, 4.69) is 21.6 Å². The normalized spacial score (nSPS) is 23.2. The minimum Gasteiger partial charge on any atom is -0.463 e. The van der Waals surface area contributed by atoms with Crippen LogP contribution >= 0.6 is 0 Å². The highest BCUT2D eigenvalue weighted by Gasteiger charge is 2.31. The molecule has 0 radical (unpaired) electrons. The zero-order valence-electron chi connectivity index (χ0n) is 10.5. The molecular formula is C12H17N3O3. The Morgan fingerprint density at radius 1 is 1.67 bits per heavy atom. The molecule has 6 heteroatoms. The summed E-state index contributed by atoms with van der Waals surface area (Å²) in [5, 5.41) is 9.42. The summed E-state index contributed by atoms with van der Waals surface area (Å²) in [4.78, 5) is 21.5. The monoisotopic (exact) mass is 251 g/mol. The Balaban J connectivity index is 2.26. The average molecular weight is 251 g/mol. The Morgan fingerprint density at radius 3 is 3.11 bits per heavy atom. The molecule has 2 atom stereocenters. The van der Waals surface area contributed by atoms with E-state index in [0.717, 1.165) is 13.0 Å². The van der Waals surface area contributed by atoms with Gasteiger partial charge in [0.05, 0.1) is 19.8 Å². The van der Waals surface area contributed by atoms with E-state index < -0.39 is 5.97 Å². The van der Waals surface area contributed by atoms with Gasteiger partial charge >= 0.3 is 5.97 Å². The molecule has 1 aliphatic rings. The van der Waals surface area contributed by atoms with Crippen molar-refractivity contribution < 1.29 is 14.6 Å². The number of nitrogens with zero attached hydrogens (tertiary/aromatic N) is 3. The topological polar surface area (TPSA) is 75.5 Å². The van der Waals surface area contributed by atoms with E-state index in [1.165, 1.54) is 13.3 Å². The highest BCUT2D eigenvalue weighted by Crippen LogP contribution is 2.27. The van der Waals surface area contributed by atoms with Crippen LogP contribution in [0.2, 0.25) is 0 Å². The van der Waals surface area contributed by atoms with Crippen LogP contribution in [-0.2, 0) is 4.74 Å². The number of ether oxygens (including phenoxy) is 1. The van der Waals surface area contributed by atoms with Gasteiger partial charge in [-0.3, -0.25) is 0 Å². The fourth-order valence-corrected chi connectivity index (χ4v) is 2.27. The van der Waals surface area contributed by atoms with Crippen LogP contribution in [-0.4, -0.2) is 47.3 Å². The van der Waals surface area contributed by atoms with Crippen LogP contribution in [0.1, 0.15) is 24.0 Å². The van der Waals surface area contributed by atoms with Gasteiger partial charge in [-0.05, 0) is 18.4 Å². The van der Waals surface area contributed by atoms with Crippen LogP contribution in [0.5, 0.6) is 0 Å². The molecule has 1 saturated heterocycles. The van der Waals surface area contributed by atoms with Crippen LogP contribution < -0.4 is 4.90 Å². The molecule has 1 fully saturated rings. The van der Waals surface area contributed by atoms with Gasteiger partial charge in [0.2, 0.25) is 5.82 Å². The van der Waals surface area contributed by atoms with Crippen molar-refractivity contribution in [3.8, 4) is 0 Å². The number of rotatable bonds is 3. The molecule has 0 spiro atoms. The molecule has 0 saturated carbocycles. The van der Waals surface area contributed by atoms with Crippen molar-refractivity contribution in [2.75, 3.05) is 25.2 Å². The lowest BCUT2D eigenvalue weighted by molar-refractivity contribution is 0.0586. The summed E-state index contributed by atoms with van der Waals surface area (Å²) in [6.45, 7) is 3.01. The number of hydrogen-bond acceptors (Lipinski definition) is 6. The van der Waals surface area contributed by atoms with Crippen LogP contribution in [0.4, 0.5) is 5.82 Å². The molecule has 2 unspecified atom stereocenters. The van der Waals surface area contributed by atoms with Crippen LogP contribution in [0, 0.1) is 5.92 Å². The molecule has 0 aromatic carbocycles. The molecule has 1 aromatic heterocycles. The number of hydrogen-bond donors (Lipinski definition) is 1. The van der Waals surface area contributed by atoms with Crippen LogP contribution in [0.25, 0.3) is 0 Å². The molecule has 0 amide bonds. The largest absolute Gasteiger partial charge is 0.463 e. The first-order chi connectivity index (χ1) is 8.67. The first-order valence-corrected chi connectivity index (χ1v) is 5.96. The van der Waals surface area contributed by atoms with Gasteiger partial charge in [0.25, 0.3) is 0 Å². The third-order valence-electron chi connectivity index (χ3n) is 3.37. The second kappa shape index (κ2) is 5.30. The van der Waals surface area contributed by atoms with Crippen molar-refractivity contribution >= 4 is 11.8 Å². The summed E-state index contributed by atoms with van der Waals surface area (Å²) in [5.74, 6) is 0.566. The average Bonchev–Trinajstić information content (AvgIpc) is 2.79. The maximum atomic E-state index is 11.4. The van der Waals surface area contributed by atoms with Gasteiger partial charge in [-0.1, -0.05) is 6.92 Å². The van der Waals surface area contributed by atoms with E-state index in [-0.39, 0.29) is 18.5 Å². The Morgan fingerprint density at radius 2 is 2.44 bits per heavy atom. The van der Waals surface area contributed by atoms with Crippen molar-refractivity contribution in [3.05, 3.63) is 18.1 Å². The number of methoxy groups -OCH3 is 1. The smallest absolute Gasteiger partial charge is 0.376 e. The minimum atomic E-state index is -0.551. The lowest BCUT2D eigenvalue weighted by Gasteiger charge is -2.26. The number of aromatic nitrogens is 2. The third-order valence-corrected chi connectivity index (χ3v) is 3.37. The molecule has 2 heterocycles. The summed E-state index contributed by atoms with van der Waals surface area (Å²) in [5.41, 5.74) is 0.